The molecule has 0 atom stereocenters. The van der Waals surface area contributed by atoms with Gasteiger partial charge in [-0.15, -0.1) is 0 Å². The Morgan fingerprint density at radius 1 is 1.10 bits per heavy atom. The quantitative estimate of drug-likeness (QED) is 0.763. The molecule has 114 valence electrons. The molecule has 2 amide bonds. The molecule has 0 aromatic heterocycles. The predicted octanol–water partition coefficient (Wildman–Crippen LogP) is 1.23. The molecule has 0 aliphatic heterocycles. The maximum atomic E-state index is 12.0. The molecular formula is C16H22N2O3. The van der Waals surface area contributed by atoms with E-state index in [1.165, 1.54) is 0 Å². The molecule has 0 unspecified atom stereocenters. The first-order chi connectivity index (χ1) is 10.2. The Labute approximate surface area is 124 Å². The van der Waals surface area contributed by atoms with Crippen molar-refractivity contribution in [2.45, 2.75) is 37.6 Å². The summed E-state index contributed by atoms with van der Waals surface area (Å²) in [7, 11) is 0. The van der Waals surface area contributed by atoms with Crippen molar-refractivity contribution in [3.05, 3.63) is 35.9 Å². The lowest BCUT2D eigenvalue weighted by Crippen LogP contribution is -2.54. The van der Waals surface area contributed by atoms with Crippen LogP contribution < -0.4 is 10.6 Å². The van der Waals surface area contributed by atoms with E-state index >= 15 is 0 Å². The van der Waals surface area contributed by atoms with Crippen molar-refractivity contribution in [1.82, 2.24) is 10.6 Å². The van der Waals surface area contributed by atoms with Crippen LogP contribution in [0.4, 0.5) is 0 Å². The first-order valence-corrected chi connectivity index (χ1v) is 7.40. The average Bonchev–Trinajstić information content (AvgIpc) is 2.54. The molecular weight excluding hydrogens is 268 g/mol. The number of carbonyl (C=O) groups excluding carboxylic acids is 2. The highest BCUT2D eigenvalue weighted by atomic mass is 16.3. The van der Waals surface area contributed by atoms with E-state index in [-0.39, 0.29) is 25.0 Å². The van der Waals surface area contributed by atoms with Gasteiger partial charge in [-0.25, -0.2) is 0 Å². The topological polar surface area (TPSA) is 78.4 Å². The molecule has 0 heterocycles. The van der Waals surface area contributed by atoms with Crippen LogP contribution in [0.3, 0.4) is 0 Å². The number of rotatable bonds is 5. The van der Waals surface area contributed by atoms with Crippen LogP contribution in [0.2, 0.25) is 0 Å². The summed E-state index contributed by atoms with van der Waals surface area (Å²) in [6.45, 7) is -0.124. The molecule has 1 saturated carbocycles. The first-order valence-electron chi connectivity index (χ1n) is 7.40. The Kier molecular flexibility index (Phi) is 5.33. The number of carbonyl (C=O) groups is 2. The van der Waals surface area contributed by atoms with E-state index < -0.39 is 5.54 Å². The van der Waals surface area contributed by atoms with E-state index in [1.807, 2.05) is 6.07 Å². The second kappa shape index (κ2) is 7.22. The van der Waals surface area contributed by atoms with Crippen molar-refractivity contribution in [1.29, 1.82) is 0 Å². The van der Waals surface area contributed by atoms with Gasteiger partial charge in [-0.2, -0.15) is 0 Å². The van der Waals surface area contributed by atoms with Crippen molar-refractivity contribution in [3.63, 3.8) is 0 Å². The number of aliphatic hydroxyl groups excluding tert-OH is 1. The molecule has 0 saturated heterocycles. The van der Waals surface area contributed by atoms with E-state index in [4.69, 9.17) is 0 Å². The summed E-state index contributed by atoms with van der Waals surface area (Å²) < 4.78 is 0. The molecule has 3 N–H and O–H groups in total. The Bertz CT molecular complexity index is 482. The van der Waals surface area contributed by atoms with Crippen LogP contribution in [0.25, 0.3) is 0 Å². The Balaban J connectivity index is 1.83. The fourth-order valence-electron chi connectivity index (χ4n) is 2.74. The van der Waals surface area contributed by atoms with Gasteiger partial charge in [0.25, 0.3) is 5.91 Å². The highest BCUT2D eigenvalue weighted by molar-refractivity contribution is 5.96. The molecule has 1 aromatic carbocycles. The van der Waals surface area contributed by atoms with Gasteiger partial charge in [0.05, 0.1) is 18.7 Å². The second-order valence-electron chi connectivity index (χ2n) is 5.60. The van der Waals surface area contributed by atoms with Gasteiger partial charge < -0.3 is 15.7 Å². The van der Waals surface area contributed by atoms with Crippen molar-refractivity contribution in [2.75, 3.05) is 13.2 Å². The molecule has 0 spiro atoms. The summed E-state index contributed by atoms with van der Waals surface area (Å²) in [6.07, 6.45) is 4.75. The number of amides is 2. The Morgan fingerprint density at radius 3 is 2.38 bits per heavy atom. The largest absolute Gasteiger partial charge is 0.394 e. The highest BCUT2D eigenvalue weighted by Crippen LogP contribution is 2.27. The number of benzene rings is 1. The summed E-state index contributed by atoms with van der Waals surface area (Å²) in [6, 6.07) is 8.78. The van der Waals surface area contributed by atoms with Crippen LogP contribution in [-0.2, 0) is 4.79 Å². The summed E-state index contributed by atoms with van der Waals surface area (Å²) in [5.74, 6) is -0.525. The highest BCUT2D eigenvalue weighted by Gasteiger charge is 2.32. The molecule has 5 nitrogen and oxygen atoms in total. The van der Waals surface area contributed by atoms with E-state index in [0.29, 0.717) is 5.56 Å². The van der Waals surface area contributed by atoms with Crippen LogP contribution in [0, 0.1) is 0 Å². The average molecular weight is 290 g/mol. The third-order valence-corrected chi connectivity index (χ3v) is 3.96. The standard InChI is InChI=1S/C16H22N2O3/c19-12-16(9-5-2-6-10-16)18-14(20)11-17-15(21)13-7-3-1-4-8-13/h1,3-4,7-8,19H,2,5-6,9-12H2,(H,17,21)(H,18,20). The minimum Gasteiger partial charge on any atom is -0.394 e. The molecule has 0 bridgehead atoms. The molecule has 1 aromatic rings. The van der Waals surface area contributed by atoms with E-state index in [2.05, 4.69) is 10.6 Å². The van der Waals surface area contributed by atoms with E-state index in [0.717, 1.165) is 32.1 Å². The number of nitrogens with one attached hydrogen (secondary N) is 2. The maximum Gasteiger partial charge on any atom is 0.251 e. The van der Waals surface area contributed by atoms with Gasteiger partial charge in [-0.3, -0.25) is 9.59 Å². The zero-order valence-corrected chi connectivity index (χ0v) is 12.1. The maximum absolute atomic E-state index is 12.0. The zero-order valence-electron chi connectivity index (χ0n) is 12.1. The summed E-state index contributed by atoms with van der Waals surface area (Å²) >= 11 is 0. The third kappa shape index (κ3) is 4.29. The van der Waals surface area contributed by atoms with Gasteiger partial charge in [0.15, 0.2) is 0 Å². The Morgan fingerprint density at radius 2 is 1.76 bits per heavy atom. The molecule has 21 heavy (non-hydrogen) atoms. The van der Waals surface area contributed by atoms with Crippen LogP contribution in [-0.4, -0.2) is 35.6 Å². The van der Waals surface area contributed by atoms with Crippen molar-refractivity contribution < 1.29 is 14.7 Å². The molecule has 0 radical (unpaired) electrons. The lowest BCUT2D eigenvalue weighted by molar-refractivity contribution is -0.123. The lowest BCUT2D eigenvalue weighted by atomic mass is 9.82. The molecule has 5 heteroatoms. The monoisotopic (exact) mass is 290 g/mol. The number of hydrogen-bond donors (Lipinski definition) is 3. The minimum atomic E-state index is -0.507. The zero-order chi connectivity index (χ0) is 15.1. The van der Waals surface area contributed by atoms with Crippen molar-refractivity contribution >= 4 is 11.8 Å². The summed E-state index contributed by atoms with van der Waals surface area (Å²) in [4.78, 5) is 23.8. The lowest BCUT2D eigenvalue weighted by Gasteiger charge is -2.36. The first kappa shape index (κ1) is 15.5. The Hall–Kier alpha value is -1.88. The van der Waals surface area contributed by atoms with Crippen molar-refractivity contribution in [3.8, 4) is 0 Å². The fraction of sp³-hybridized carbons (Fsp3) is 0.500. The second-order valence-corrected chi connectivity index (χ2v) is 5.60. The normalized spacial score (nSPS) is 17.0. The molecule has 1 aliphatic rings. The smallest absolute Gasteiger partial charge is 0.251 e. The van der Waals surface area contributed by atoms with Crippen molar-refractivity contribution in [2.24, 2.45) is 0 Å². The fourth-order valence-corrected chi connectivity index (χ4v) is 2.74. The van der Waals surface area contributed by atoms with E-state index in [9.17, 15) is 14.7 Å². The molecule has 2 rings (SSSR count). The minimum absolute atomic E-state index is 0.0502. The van der Waals surface area contributed by atoms with Crippen LogP contribution in [0.15, 0.2) is 30.3 Å². The molecule has 1 aliphatic carbocycles. The van der Waals surface area contributed by atoms with Gasteiger partial charge in [0.2, 0.25) is 5.91 Å². The van der Waals surface area contributed by atoms with Gasteiger partial charge in [-0.1, -0.05) is 37.5 Å². The van der Waals surface area contributed by atoms with Gasteiger partial charge in [0, 0.05) is 5.56 Å². The summed E-state index contributed by atoms with van der Waals surface area (Å²) in [5.41, 5.74) is 0.0205. The number of hydrogen-bond acceptors (Lipinski definition) is 3. The van der Waals surface area contributed by atoms with Gasteiger partial charge >= 0.3 is 0 Å². The van der Waals surface area contributed by atoms with Crippen LogP contribution >= 0.6 is 0 Å². The van der Waals surface area contributed by atoms with Crippen LogP contribution in [0.1, 0.15) is 42.5 Å². The van der Waals surface area contributed by atoms with Gasteiger partial charge in [-0.05, 0) is 25.0 Å². The third-order valence-electron chi connectivity index (χ3n) is 3.96. The van der Waals surface area contributed by atoms with E-state index in [1.54, 1.807) is 24.3 Å². The SMILES string of the molecule is O=C(CNC(=O)c1ccccc1)NC1(CO)CCCCC1. The molecule has 1 fully saturated rings. The van der Waals surface area contributed by atoms with Gasteiger partial charge in [0.1, 0.15) is 0 Å². The predicted molar refractivity (Wildman–Crippen MR) is 79.8 cm³/mol. The number of aliphatic hydroxyl groups is 1. The summed E-state index contributed by atoms with van der Waals surface area (Å²) in [5, 5.41) is 15.0. The van der Waals surface area contributed by atoms with Crippen LogP contribution in [0.5, 0.6) is 0 Å².